The molecule has 0 saturated heterocycles. The molecule has 1 atom stereocenters. The Bertz CT molecular complexity index is 569. The van der Waals surface area contributed by atoms with Crippen molar-refractivity contribution in [2.24, 2.45) is 0 Å². The molecule has 4 nitrogen and oxygen atoms in total. The van der Waals surface area contributed by atoms with Crippen molar-refractivity contribution < 1.29 is 27.0 Å². The minimum absolute atomic E-state index is 0.0506. The van der Waals surface area contributed by atoms with Gasteiger partial charge in [0.15, 0.2) is 0 Å². The Morgan fingerprint density at radius 1 is 1.44 bits per heavy atom. The van der Waals surface area contributed by atoms with E-state index in [1.807, 2.05) is 0 Å². The molecule has 0 bridgehead atoms. The van der Waals surface area contributed by atoms with Crippen molar-refractivity contribution in [1.29, 1.82) is 0 Å². The molecule has 0 radical (unpaired) electrons. The second-order valence-corrected chi connectivity index (χ2v) is 5.90. The van der Waals surface area contributed by atoms with Crippen LogP contribution in [0, 0.1) is 0 Å². The molecule has 0 heterocycles. The van der Waals surface area contributed by atoms with Gasteiger partial charge in [0.1, 0.15) is 5.75 Å². The number of methoxy groups -OCH3 is 1. The quantitative estimate of drug-likeness (QED) is 0.913. The molecule has 1 aliphatic carbocycles. The lowest BCUT2D eigenvalue weighted by molar-refractivity contribution is 0.176. The van der Waals surface area contributed by atoms with Crippen LogP contribution in [0.4, 0.5) is 8.78 Å². The Morgan fingerprint density at radius 2 is 2.11 bits per heavy atom. The SMILES string of the molecule is COc1ccc(S(=O)(=O)C(F)F)c2c1CCC2O. The maximum atomic E-state index is 12.6. The fourth-order valence-electron chi connectivity index (χ4n) is 2.21. The Morgan fingerprint density at radius 3 is 2.67 bits per heavy atom. The van der Waals surface area contributed by atoms with Crippen molar-refractivity contribution in [3.8, 4) is 5.75 Å². The van der Waals surface area contributed by atoms with Crippen LogP contribution in [-0.4, -0.2) is 26.4 Å². The van der Waals surface area contributed by atoms with Gasteiger partial charge in [0, 0.05) is 11.1 Å². The largest absolute Gasteiger partial charge is 0.496 e. The number of hydrogen-bond donors (Lipinski definition) is 1. The summed E-state index contributed by atoms with van der Waals surface area (Å²) in [6.07, 6.45) is -0.327. The molecule has 1 aromatic carbocycles. The number of aliphatic hydroxyl groups excluding tert-OH is 1. The van der Waals surface area contributed by atoms with Gasteiger partial charge in [-0.1, -0.05) is 0 Å². The van der Waals surface area contributed by atoms with Gasteiger partial charge in [-0.05, 0) is 25.0 Å². The van der Waals surface area contributed by atoms with E-state index >= 15 is 0 Å². The number of benzene rings is 1. The van der Waals surface area contributed by atoms with Crippen molar-refractivity contribution in [1.82, 2.24) is 0 Å². The summed E-state index contributed by atoms with van der Waals surface area (Å²) < 4.78 is 53.3. The molecular formula is C11H12F2O4S. The highest BCUT2D eigenvalue weighted by molar-refractivity contribution is 7.91. The van der Waals surface area contributed by atoms with E-state index in [-0.39, 0.29) is 5.56 Å². The summed E-state index contributed by atoms with van der Waals surface area (Å²) in [5.41, 5.74) is 0.543. The molecule has 0 aromatic heterocycles. The van der Waals surface area contributed by atoms with E-state index in [0.29, 0.717) is 24.2 Å². The zero-order chi connectivity index (χ0) is 13.5. The number of ether oxygens (including phenoxy) is 1. The predicted octanol–water partition coefficient (Wildman–Crippen LogP) is 1.67. The Balaban J connectivity index is 2.69. The first kappa shape index (κ1) is 13.2. The number of aliphatic hydroxyl groups is 1. The van der Waals surface area contributed by atoms with Gasteiger partial charge in [-0.25, -0.2) is 8.42 Å². The van der Waals surface area contributed by atoms with E-state index in [9.17, 15) is 22.3 Å². The first-order chi connectivity index (χ1) is 8.39. The van der Waals surface area contributed by atoms with Crippen LogP contribution in [0.2, 0.25) is 0 Å². The summed E-state index contributed by atoms with van der Waals surface area (Å²) in [6, 6.07) is 2.40. The minimum atomic E-state index is -4.71. The maximum Gasteiger partial charge on any atom is 0.341 e. The summed E-state index contributed by atoms with van der Waals surface area (Å²) in [4.78, 5) is -0.502. The van der Waals surface area contributed by atoms with Crippen LogP contribution in [0.3, 0.4) is 0 Å². The fraction of sp³-hybridized carbons (Fsp3) is 0.455. The maximum absolute atomic E-state index is 12.6. The normalized spacial score (nSPS) is 19.1. The first-order valence-corrected chi connectivity index (χ1v) is 6.84. The average molecular weight is 278 g/mol. The molecule has 2 rings (SSSR count). The molecule has 1 unspecified atom stereocenters. The Hall–Kier alpha value is -1.21. The number of rotatable bonds is 3. The van der Waals surface area contributed by atoms with Crippen LogP contribution in [0.5, 0.6) is 5.75 Å². The molecule has 100 valence electrons. The second-order valence-electron chi connectivity index (χ2n) is 4.02. The van der Waals surface area contributed by atoms with Gasteiger partial charge in [-0.15, -0.1) is 0 Å². The molecule has 0 fully saturated rings. The van der Waals surface area contributed by atoms with Gasteiger partial charge < -0.3 is 9.84 Å². The molecule has 0 aliphatic heterocycles. The standard InChI is InChI=1S/C11H12F2O4S/c1-17-8-4-5-9(18(15,16)11(12)13)10-6(8)2-3-7(10)14/h4-5,7,11,14H,2-3H2,1H3. The van der Waals surface area contributed by atoms with Crippen LogP contribution in [0.25, 0.3) is 0 Å². The minimum Gasteiger partial charge on any atom is -0.496 e. The van der Waals surface area contributed by atoms with Crippen LogP contribution in [0.1, 0.15) is 23.7 Å². The van der Waals surface area contributed by atoms with Crippen LogP contribution in [-0.2, 0) is 16.3 Å². The monoisotopic (exact) mass is 278 g/mol. The zero-order valence-electron chi connectivity index (χ0n) is 9.56. The van der Waals surface area contributed by atoms with Crippen molar-refractivity contribution in [2.45, 2.75) is 29.6 Å². The average Bonchev–Trinajstić information content (AvgIpc) is 2.70. The first-order valence-electron chi connectivity index (χ1n) is 5.29. The van der Waals surface area contributed by atoms with Crippen LogP contribution in [0.15, 0.2) is 17.0 Å². The van der Waals surface area contributed by atoms with E-state index in [0.717, 1.165) is 6.07 Å². The van der Waals surface area contributed by atoms with Crippen LogP contribution >= 0.6 is 0 Å². The van der Waals surface area contributed by atoms with Gasteiger partial charge in [-0.3, -0.25) is 0 Å². The van der Waals surface area contributed by atoms with Crippen LogP contribution < -0.4 is 4.74 Å². The molecule has 0 amide bonds. The predicted molar refractivity (Wildman–Crippen MR) is 59.5 cm³/mol. The van der Waals surface area contributed by atoms with E-state index in [2.05, 4.69) is 0 Å². The van der Waals surface area contributed by atoms with Crippen molar-refractivity contribution in [3.05, 3.63) is 23.3 Å². The molecule has 1 aliphatic rings. The highest BCUT2D eigenvalue weighted by atomic mass is 32.2. The lowest BCUT2D eigenvalue weighted by atomic mass is 10.1. The molecule has 1 N–H and O–H groups in total. The van der Waals surface area contributed by atoms with Gasteiger partial charge >= 0.3 is 5.76 Å². The summed E-state index contributed by atoms with van der Waals surface area (Å²) >= 11 is 0. The van der Waals surface area contributed by atoms with E-state index in [1.165, 1.54) is 13.2 Å². The molecule has 7 heteroatoms. The van der Waals surface area contributed by atoms with Gasteiger partial charge in [0.05, 0.1) is 18.1 Å². The van der Waals surface area contributed by atoms with Gasteiger partial charge in [0.25, 0.3) is 0 Å². The summed E-state index contributed by atoms with van der Waals surface area (Å²) in [6.45, 7) is 0. The number of hydrogen-bond acceptors (Lipinski definition) is 4. The van der Waals surface area contributed by atoms with Crippen molar-refractivity contribution in [2.75, 3.05) is 7.11 Å². The number of fused-ring (bicyclic) bond motifs is 1. The summed E-state index contributed by atoms with van der Waals surface area (Å²) in [5, 5.41) is 9.76. The molecule has 1 aromatic rings. The number of alkyl halides is 2. The van der Waals surface area contributed by atoms with Crippen molar-refractivity contribution >= 4 is 9.84 Å². The summed E-state index contributed by atoms with van der Waals surface area (Å²) in [5.74, 6) is -3.09. The third-order valence-electron chi connectivity index (χ3n) is 3.04. The topological polar surface area (TPSA) is 63.6 Å². The third-order valence-corrected chi connectivity index (χ3v) is 4.47. The highest BCUT2D eigenvalue weighted by Crippen LogP contribution is 2.41. The van der Waals surface area contributed by atoms with Gasteiger partial charge in [-0.2, -0.15) is 8.78 Å². The lowest BCUT2D eigenvalue weighted by Gasteiger charge is -2.14. The summed E-state index contributed by atoms with van der Waals surface area (Å²) in [7, 11) is -3.30. The fourth-order valence-corrected chi connectivity index (χ4v) is 3.22. The smallest absolute Gasteiger partial charge is 0.341 e. The highest BCUT2D eigenvalue weighted by Gasteiger charge is 2.35. The van der Waals surface area contributed by atoms with E-state index < -0.39 is 26.6 Å². The zero-order valence-corrected chi connectivity index (χ0v) is 10.4. The van der Waals surface area contributed by atoms with Gasteiger partial charge in [0.2, 0.25) is 9.84 Å². The lowest BCUT2D eigenvalue weighted by Crippen LogP contribution is -2.15. The molecule has 0 spiro atoms. The molecule has 18 heavy (non-hydrogen) atoms. The molecule has 0 saturated carbocycles. The Kier molecular flexibility index (Phi) is 3.29. The second kappa shape index (κ2) is 4.47. The Labute approximate surface area is 103 Å². The third kappa shape index (κ3) is 1.87. The number of sulfone groups is 1. The number of halogens is 2. The molecular weight excluding hydrogens is 266 g/mol. The van der Waals surface area contributed by atoms with Crippen molar-refractivity contribution in [3.63, 3.8) is 0 Å². The van der Waals surface area contributed by atoms with E-state index in [1.54, 1.807) is 0 Å². The van der Waals surface area contributed by atoms with E-state index in [4.69, 9.17) is 4.74 Å².